The molecule has 0 spiro atoms. The van der Waals surface area contributed by atoms with E-state index in [4.69, 9.17) is 4.98 Å². The number of hydrogen-bond donors (Lipinski definition) is 1. The van der Waals surface area contributed by atoms with E-state index in [9.17, 15) is 5.11 Å². The summed E-state index contributed by atoms with van der Waals surface area (Å²) in [7, 11) is 0. The highest BCUT2D eigenvalue weighted by Gasteiger charge is 2.22. The maximum atomic E-state index is 9.22. The van der Waals surface area contributed by atoms with Crippen molar-refractivity contribution in [3.8, 4) is 11.3 Å². The second kappa shape index (κ2) is 8.42. The highest BCUT2D eigenvalue weighted by atomic mass is 16.3. The molecule has 1 aliphatic heterocycles. The summed E-state index contributed by atoms with van der Waals surface area (Å²) in [6, 6.07) is 18.5. The first-order valence-electron chi connectivity index (χ1n) is 9.60. The molecule has 3 aromatic rings. The summed E-state index contributed by atoms with van der Waals surface area (Å²) < 4.78 is 0. The van der Waals surface area contributed by atoms with Crippen LogP contribution in [0.15, 0.2) is 67.0 Å². The van der Waals surface area contributed by atoms with Gasteiger partial charge in [-0.2, -0.15) is 0 Å². The first kappa shape index (κ1) is 17.8. The highest BCUT2D eigenvalue weighted by molar-refractivity contribution is 5.59. The first-order valence-corrected chi connectivity index (χ1v) is 9.60. The van der Waals surface area contributed by atoms with Crippen molar-refractivity contribution in [3.05, 3.63) is 83.8 Å². The summed E-state index contributed by atoms with van der Waals surface area (Å²) in [6.07, 6.45) is 6.16. The summed E-state index contributed by atoms with van der Waals surface area (Å²) in [5, 5.41) is 9.22. The van der Waals surface area contributed by atoms with Crippen LogP contribution in [0.1, 0.15) is 35.6 Å². The largest absolute Gasteiger partial charge is 0.392 e. The molecule has 0 bridgehead atoms. The number of hydrogen-bond acceptors (Lipinski definition) is 4. The van der Waals surface area contributed by atoms with E-state index in [1.807, 2.05) is 42.7 Å². The maximum Gasteiger partial charge on any atom is 0.0705 e. The summed E-state index contributed by atoms with van der Waals surface area (Å²) in [6.45, 7) is 3.19. The number of piperidine rings is 1. The van der Waals surface area contributed by atoms with E-state index in [-0.39, 0.29) is 6.61 Å². The standard InChI is InChI=1S/C23H25N3O/c27-17-18-8-10-20(11-9-18)22-6-1-7-23(25-22)21-5-3-13-26(16-21)15-19-4-2-12-24-14-19/h1-2,4,6-12,14,21,27H,3,5,13,15-17H2. The molecular weight excluding hydrogens is 334 g/mol. The van der Waals surface area contributed by atoms with Gasteiger partial charge in [0.25, 0.3) is 0 Å². The van der Waals surface area contributed by atoms with Gasteiger partial charge in [0.15, 0.2) is 0 Å². The van der Waals surface area contributed by atoms with Crippen LogP contribution in [-0.4, -0.2) is 33.1 Å². The Morgan fingerprint density at radius 2 is 1.89 bits per heavy atom. The molecule has 1 saturated heterocycles. The van der Waals surface area contributed by atoms with Crippen LogP contribution in [0.5, 0.6) is 0 Å². The van der Waals surface area contributed by atoms with E-state index in [0.717, 1.165) is 36.5 Å². The molecule has 1 atom stereocenters. The lowest BCUT2D eigenvalue weighted by molar-refractivity contribution is 0.198. The van der Waals surface area contributed by atoms with Crippen LogP contribution >= 0.6 is 0 Å². The number of aromatic nitrogens is 2. The van der Waals surface area contributed by atoms with E-state index >= 15 is 0 Å². The zero-order valence-corrected chi connectivity index (χ0v) is 15.5. The van der Waals surface area contributed by atoms with Gasteiger partial charge in [-0.05, 0) is 48.7 Å². The SMILES string of the molecule is OCc1ccc(-c2cccc(C3CCCN(Cc4cccnc4)C3)n2)cc1. The molecule has 0 aliphatic carbocycles. The van der Waals surface area contributed by atoms with Crippen molar-refractivity contribution in [2.45, 2.75) is 31.9 Å². The van der Waals surface area contributed by atoms with Crippen LogP contribution in [0, 0.1) is 0 Å². The Bertz CT molecular complexity index is 864. The number of pyridine rings is 2. The van der Waals surface area contributed by atoms with E-state index in [2.05, 4.69) is 34.1 Å². The molecule has 4 heteroatoms. The first-order chi connectivity index (χ1) is 13.3. The van der Waals surface area contributed by atoms with Gasteiger partial charge < -0.3 is 5.11 Å². The van der Waals surface area contributed by atoms with E-state index in [1.165, 1.54) is 24.1 Å². The molecule has 1 unspecified atom stereocenters. The molecule has 1 N–H and O–H groups in total. The van der Waals surface area contributed by atoms with Gasteiger partial charge in [-0.25, -0.2) is 0 Å². The van der Waals surface area contributed by atoms with Crippen molar-refractivity contribution in [2.24, 2.45) is 0 Å². The Kier molecular flexibility index (Phi) is 5.56. The summed E-state index contributed by atoms with van der Waals surface area (Å²) in [5.41, 5.74) is 5.46. The third-order valence-corrected chi connectivity index (χ3v) is 5.26. The Balaban J connectivity index is 1.49. The van der Waals surface area contributed by atoms with Crippen molar-refractivity contribution in [3.63, 3.8) is 0 Å². The average Bonchev–Trinajstić information content (AvgIpc) is 2.75. The van der Waals surface area contributed by atoms with Gasteiger partial charge in [-0.3, -0.25) is 14.9 Å². The fourth-order valence-corrected chi connectivity index (χ4v) is 3.81. The van der Waals surface area contributed by atoms with Gasteiger partial charge in [0.2, 0.25) is 0 Å². The number of aliphatic hydroxyl groups excluding tert-OH is 1. The predicted molar refractivity (Wildman–Crippen MR) is 107 cm³/mol. The lowest BCUT2D eigenvalue weighted by atomic mass is 9.93. The molecule has 0 amide bonds. The Morgan fingerprint density at radius 1 is 1.00 bits per heavy atom. The predicted octanol–water partition coefficient (Wildman–Crippen LogP) is 4.02. The van der Waals surface area contributed by atoms with Crippen molar-refractivity contribution in [1.82, 2.24) is 14.9 Å². The van der Waals surface area contributed by atoms with Gasteiger partial charge in [0.1, 0.15) is 0 Å². The van der Waals surface area contributed by atoms with Gasteiger partial charge in [-0.15, -0.1) is 0 Å². The minimum Gasteiger partial charge on any atom is -0.392 e. The van der Waals surface area contributed by atoms with Crippen LogP contribution in [-0.2, 0) is 13.2 Å². The molecule has 1 aromatic carbocycles. The Morgan fingerprint density at radius 3 is 2.67 bits per heavy atom. The van der Waals surface area contributed by atoms with Gasteiger partial charge in [-0.1, -0.05) is 36.4 Å². The molecular formula is C23H25N3O. The number of aliphatic hydroxyl groups is 1. The number of rotatable bonds is 5. The minimum atomic E-state index is 0.0720. The molecule has 1 aliphatic rings. The molecule has 4 nitrogen and oxygen atoms in total. The van der Waals surface area contributed by atoms with Crippen molar-refractivity contribution < 1.29 is 5.11 Å². The van der Waals surface area contributed by atoms with Crippen LogP contribution in [0.3, 0.4) is 0 Å². The lowest BCUT2D eigenvalue weighted by Gasteiger charge is -2.32. The second-order valence-corrected chi connectivity index (χ2v) is 7.24. The zero-order chi connectivity index (χ0) is 18.5. The fraction of sp³-hybridized carbons (Fsp3) is 0.304. The van der Waals surface area contributed by atoms with Crippen molar-refractivity contribution in [2.75, 3.05) is 13.1 Å². The van der Waals surface area contributed by atoms with Gasteiger partial charge >= 0.3 is 0 Å². The quantitative estimate of drug-likeness (QED) is 0.748. The third-order valence-electron chi connectivity index (χ3n) is 5.26. The third kappa shape index (κ3) is 4.41. The minimum absolute atomic E-state index is 0.0720. The normalized spacial score (nSPS) is 17.7. The average molecular weight is 359 g/mol. The van der Waals surface area contributed by atoms with E-state index < -0.39 is 0 Å². The van der Waals surface area contributed by atoms with E-state index in [1.54, 1.807) is 0 Å². The van der Waals surface area contributed by atoms with Crippen LogP contribution in [0.25, 0.3) is 11.3 Å². The lowest BCUT2D eigenvalue weighted by Crippen LogP contribution is -2.34. The number of benzene rings is 1. The van der Waals surface area contributed by atoms with Crippen LogP contribution < -0.4 is 0 Å². The molecule has 1 fully saturated rings. The van der Waals surface area contributed by atoms with Gasteiger partial charge in [0, 0.05) is 42.7 Å². The second-order valence-electron chi connectivity index (χ2n) is 7.24. The molecule has 4 rings (SSSR count). The molecule has 27 heavy (non-hydrogen) atoms. The Hall–Kier alpha value is -2.56. The smallest absolute Gasteiger partial charge is 0.0705 e. The molecule has 0 saturated carbocycles. The van der Waals surface area contributed by atoms with Gasteiger partial charge in [0.05, 0.1) is 12.3 Å². The summed E-state index contributed by atoms with van der Waals surface area (Å²) >= 11 is 0. The zero-order valence-electron chi connectivity index (χ0n) is 15.5. The van der Waals surface area contributed by atoms with Crippen LogP contribution in [0.4, 0.5) is 0 Å². The summed E-state index contributed by atoms with van der Waals surface area (Å²) in [5.74, 6) is 0.465. The van der Waals surface area contributed by atoms with E-state index in [0.29, 0.717) is 5.92 Å². The topological polar surface area (TPSA) is 49.2 Å². The highest BCUT2D eigenvalue weighted by Crippen LogP contribution is 2.28. The fourth-order valence-electron chi connectivity index (χ4n) is 3.81. The molecule has 0 radical (unpaired) electrons. The number of likely N-dealkylation sites (tertiary alicyclic amines) is 1. The number of nitrogens with zero attached hydrogens (tertiary/aromatic N) is 3. The monoisotopic (exact) mass is 359 g/mol. The Labute approximate surface area is 160 Å². The molecule has 3 heterocycles. The van der Waals surface area contributed by atoms with Crippen molar-refractivity contribution >= 4 is 0 Å². The maximum absolute atomic E-state index is 9.22. The molecule has 138 valence electrons. The van der Waals surface area contributed by atoms with Crippen molar-refractivity contribution in [1.29, 1.82) is 0 Å². The molecule has 2 aromatic heterocycles. The van der Waals surface area contributed by atoms with Crippen LogP contribution in [0.2, 0.25) is 0 Å². The summed E-state index contributed by atoms with van der Waals surface area (Å²) in [4.78, 5) is 11.7.